The third-order valence-corrected chi connectivity index (χ3v) is 5.04. The fraction of sp³-hybridized carbons (Fsp3) is 0.579. The van der Waals surface area contributed by atoms with E-state index in [4.69, 9.17) is 0 Å². The molecule has 0 saturated heterocycles. The summed E-state index contributed by atoms with van der Waals surface area (Å²) < 4.78 is 0. The second kappa shape index (κ2) is 5.57. The Morgan fingerprint density at radius 3 is 2.15 bits per heavy atom. The van der Waals surface area contributed by atoms with Crippen molar-refractivity contribution >= 4 is 15.9 Å². The van der Waals surface area contributed by atoms with Crippen LogP contribution >= 0.6 is 15.9 Å². The molecule has 0 aromatic heterocycles. The van der Waals surface area contributed by atoms with Crippen molar-refractivity contribution < 1.29 is 0 Å². The molecular formula is C19H25Br. The van der Waals surface area contributed by atoms with Crippen molar-refractivity contribution in [2.75, 3.05) is 5.33 Å². The highest BCUT2D eigenvalue weighted by molar-refractivity contribution is 9.09. The van der Waals surface area contributed by atoms with Gasteiger partial charge < -0.3 is 0 Å². The van der Waals surface area contributed by atoms with Gasteiger partial charge >= 0.3 is 0 Å². The maximum atomic E-state index is 3.43. The van der Waals surface area contributed by atoms with E-state index in [9.17, 15) is 0 Å². The van der Waals surface area contributed by atoms with Gasteiger partial charge in [-0.2, -0.15) is 0 Å². The molecule has 0 fully saturated rings. The molecule has 0 atom stereocenters. The largest absolute Gasteiger partial charge is 0.0970 e. The summed E-state index contributed by atoms with van der Waals surface area (Å²) in [6.45, 7) is 11.7. The van der Waals surface area contributed by atoms with Crippen LogP contribution in [0.3, 0.4) is 0 Å². The van der Waals surface area contributed by atoms with Crippen molar-refractivity contribution in [3.63, 3.8) is 0 Å². The van der Waals surface area contributed by atoms with Crippen molar-refractivity contribution in [2.24, 2.45) is 0 Å². The Labute approximate surface area is 132 Å². The molecule has 1 aromatic carbocycles. The van der Waals surface area contributed by atoms with Crippen LogP contribution in [0.5, 0.6) is 0 Å². The monoisotopic (exact) mass is 332 g/mol. The maximum Gasteiger partial charge on any atom is 0.0277 e. The van der Waals surface area contributed by atoms with E-state index in [0.29, 0.717) is 0 Å². The van der Waals surface area contributed by atoms with Gasteiger partial charge in [-0.15, -0.1) is 0 Å². The van der Waals surface area contributed by atoms with Crippen LogP contribution in [-0.4, -0.2) is 5.33 Å². The number of hydrogen-bond acceptors (Lipinski definition) is 0. The van der Waals surface area contributed by atoms with Gasteiger partial charge in [0.15, 0.2) is 0 Å². The fourth-order valence-corrected chi connectivity index (χ4v) is 3.26. The van der Waals surface area contributed by atoms with Crippen molar-refractivity contribution in [2.45, 2.75) is 64.7 Å². The lowest BCUT2D eigenvalue weighted by atomic mass is 9.62. The van der Waals surface area contributed by atoms with E-state index < -0.39 is 0 Å². The molecule has 1 aliphatic carbocycles. The highest BCUT2D eigenvalue weighted by Crippen LogP contribution is 2.46. The number of benzene rings is 1. The standard InChI is InChI=1S/C19H25Br/c1-14-12-16-17(13-15(14)8-6-7-11-20)19(4,5)10-9-18(16,2)3/h12-13H,7,9-11H2,1-5H3. The summed E-state index contributed by atoms with van der Waals surface area (Å²) in [6.07, 6.45) is 3.43. The average Bonchev–Trinajstić information content (AvgIpc) is 2.37. The Morgan fingerprint density at radius 2 is 1.60 bits per heavy atom. The number of halogens is 1. The Hall–Kier alpha value is -0.740. The minimum Gasteiger partial charge on any atom is -0.0970 e. The smallest absolute Gasteiger partial charge is 0.0277 e. The third kappa shape index (κ3) is 2.96. The summed E-state index contributed by atoms with van der Waals surface area (Å²) in [5.74, 6) is 6.60. The van der Waals surface area contributed by atoms with Crippen LogP contribution in [0.25, 0.3) is 0 Å². The molecule has 1 aliphatic rings. The number of rotatable bonds is 1. The highest BCUT2D eigenvalue weighted by atomic mass is 79.9. The van der Waals surface area contributed by atoms with Gasteiger partial charge in [0.05, 0.1) is 0 Å². The number of aryl methyl sites for hydroxylation is 1. The molecular weight excluding hydrogens is 308 g/mol. The van der Waals surface area contributed by atoms with Crippen LogP contribution in [0.2, 0.25) is 0 Å². The second-order valence-corrected chi connectivity index (χ2v) is 8.01. The molecule has 0 radical (unpaired) electrons. The summed E-state index contributed by atoms with van der Waals surface area (Å²) in [5, 5.41) is 0.947. The van der Waals surface area contributed by atoms with Crippen LogP contribution in [-0.2, 0) is 10.8 Å². The molecule has 0 bridgehead atoms. The molecule has 0 aliphatic heterocycles. The third-order valence-electron chi connectivity index (χ3n) is 4.64. The van der Waals surface area contributed by atoms with Gasteiger partial charge in [-0.3, -0.25) is 0 Å². The lowest BCUT2D eigenvalue weighted by Crippen LogP contribution is -2.34. The van der Waals surface area contributed by atoms with E-state index >= 15 is 0 Å². The van der Waals surface area contributed by atoms with Crippen molar-refractivity contribution in [3.8, 4) is 11.8 Å². The molecule has 0 heterocycles. The lowest BCUT2D eigenvalue weighted by Gasteiger charge is -2.42. The zero-order valence-electron chi connectivity index (χ0n) is 13.4. The molecule has 108 valence electrons. The van der Waals surface area contributed by atoms with Crippen LogP contribution in [0.4, 0.5) is 0 Å². The summed E-state index contributed by atoms with van der Waals surface area (Å²) in [6, 6.07) is 4.74. The van der Waals surface area contributed by atoms with Gasteiger partial charge in [0.25, 0.3) is 0 Å². The van der Waals surface area contributed by atoms with Crippen LogP contribution in [0.15, 0.2) is 12.1 Å². The first-order valence-corrected chi connectivity index (χ1v) is 8.60. The molecule has 2 rings (SSSR count). The number of hydrogen-bond donors (Lipinski definition) is 0. The van der Waals surface area contributed by atoms with Gasteiger partial charge in [0.1, 0.15) is 0 Å². The molecule has 0 nitrogen and oxygen atoms in total. The van der Waals surface area contributed by atoms with E-state index in [1.807, 2.05) is 0 Å². The SMILES string of the molecule is Cc1cc2c(cc1C#CCCBr)C(C)(C)CCC2(C)C. The Kier molecular flexibility index (Phi) is 4.35. The zero-order chi connectivity index (χ0) is 15.0. The van der Waals surface area contributed by atoms with Crippen LogP contribution < -0.4 is 0 Å². The van der Waals surface area contributed by atoms with E-state index in [1.54, 1.807) is 0 Å². The molecule has 20 heavy (non-hydrogen) atoms. The highest BCUT2D eigenvalue weighted by Gasteiger charge is 2.37. The van der Waals surface area contributed by atoms with Crippen molar-refractivity contribution in [1.82, 2.24) is 0 Å². The van der Waals surface area contributed by atoms with E-state index in [2.05, 4.69) is 74.5 Å². The summed E-state index contributed by atoms with van der Waals surface area (Å²) in [4.78, 5) is 0. The minimum absolute atomic E-state index is 0.268. The van der Waals surface area contributed by atoms with Gasteiger partial charge in [-0.05, 0) is 53.4 Å². The Balaban J connectivity index is 2.56. The van der Waals surface area contributed by atoms with E-state index in [1.165, 1.54) is 35.1 Å². The molecule has 0 spiro atoms. The maximum absolute atomic E-state index is 3.43. The molecule has 0 amide bonds. The summed E-state index contributed by atoms with van der Waals surface area (Å²) >= 11 is 3.43. The molecule has 1 aromatic rings. The number of alkyl halides is 1. The first kappa shape index (κ1) is 15.6. The Bertz CT molecular complexity index is 567. The Morgan fingerprint density at radius 1 is 1.05 bits per heavy atom. The van der Waals surface area contributed by atoms with Gasteiger partial charge in [-0.25, -0.2) is 0 Å². The quantitative estimate of drug-likeness (QED) is 0.471. The van der Waals surface area contributed by atoms with Gasteiger partial charge in [0, 0.05) is 17.3 Å². The number of fused-ring (bicyclic) bond motifs is 1. The first-order valence-electron chi connectivity index (χ1n) is 7.48. The van der Waals surface area contributed by atoms with Crippen LogP contribution in [0.1, 0.15) is 69.2 Å². The predicted molar refractivity (Wildman–Crippen MR) is 91.8 cm³/mol. The molecule has 0 N–H and O–H groups in total. The van der Waals surface area contributed by atoms with Crippen molar-refractivity contribution in [3.05, 3.63) is 34.4 Å². The fourth-order valence-electron chi connectivity index (χ4n) is 3.06. The normalized spacial score (nSPS) is 18.9. The van der Waals surface area contributed by atoms with E-state index in [-0.39, 0.29) is 10.8 Å². The molecule has 0 saturated carbocycles. The zero-order valence-corrected chi connectivity index (χ0v) is 14.9. The second-order valence-electron chi connectivity index (χ2n) is 7.22. The van der Waals surface area contributed by atoms with E-state index in [0.717, 1.165) is 11.8 Å². The first-order chi connectivity index (χ1) is 9.28. The van der Waals surface area contributed by atoms with Crippen LogP contribution in [0, 0.1) is 18.8 Å². The topological polar surface area (TPSA) is 0 Å². The predicted octanol–water partition coefficient (Wildman–Crippen LogP) is 5.48. The molecule has 1 heteroatoms. The lowest BCUT2D eigenvalue weighted by molar-refractivity contribution is 0.331. The minimum atomic E-state index is 0.268. The summed E-state index contributed by atoms with van der Waals surface area (Å²) in [5.41, 5.74) is 6.11. The molecule has 0 unspecified atom stereocenters. The van der Waals surface area contributed by atoms with Gasteiger partial charge in [-0.1, -0.05) is 61.5 Å². The van der Waals surface area contributed by atoms with Gasteiger partial charge in [0.2, 0.25) is 0 Å². The summed E-state index contributed by atoms with van der Waals surface area (Å²) in [7, 11) is 0. The average molecular weight is 333 g/mol. The van der Waals surface area contributed by atoms with Crippen molar-refractivity contribution in [1.29, 1.82) is 0 Å².